The number of allylic oxidation sites excluding steroid dienone is 2. The molecule has 9 nitrogen and oxygen atoms in total. The summed E-state index contributed by atoms with van der Waals surface area (Å²) in [4.78, 5) is 9.06. The number of nitrogens with zero attached hydrogens (tertiary/aromatic N) is 5. The molecule has 0 aliphatic heterocycles. The second-order valence-electron chi connectivity index (χ2n) is 7.25. The number of hydrogen-bond acceptors (Lipinski definition) is 8. The van der Waals surface area contributed by atoms with Gasteiger partial charge in [-0.3, -0.25) is 9.38 Å². The fraction of sp³-hybridized carbons (Fsp3) is 0.261. The van der Waals surface area contributed by atoms with Gasteiger partial charge in [0.2, 0.25) is 5.65 Å². The Kier molecular flexibility index (Phi) is 5.72. The van der Waals surface area contributed by atoms with Crippen molar-refractivity contribution in [3.63, 3.8) is 0 Å². The van der Waals surface area contributed by atoms with Crippen LogP contribution < -0.4 is 9.47 Å². The van der Waals surface area contributed by atoms with Crippen molar-refractivity contribution in [1.29, 1.82) is 5.41 Å². The number of aromatic nitrogens is 5. The summed E-state index contributed by atoms with van der Waals surface area (Å²) < 4.78 is 13.3. The lowest BCUT2D eigenvalue weighted by atomic mass is 9.99. The molecule has 0 spiro atoms. The monoisotopic (exact) mass is 432 g/mol. The third-order valence-corrected chi connectivity index (χ3v) is 5.03. The van der Waals surface area contributed by atoms with Crippen LogP contribution in [-0.4, -0.2) is 49.1 Å². The van der Waals surface area contributed by atoms with Gasteiger partial charge < -0.3 is 20.0 Å². The van der Waals surface area contributed by atoms with E-state index in [1.807, 2.05) is 35.6 Å². The molecule has 9 heteroatoms. The van der Waals surface area contributed by atoms with Gasteiger partial charge in [-0.15, -0.1) is 10.2 Å². The lowest BCUT2D eigenvalue weighted by Crippen LogP contribution is -2.06. The van der Waals surface area contributed by atoms with Crippen LogP contribution in [0.25, 0.3) is 22.3 Å². The van der Waals surface area contributed by atoms with E-state index in [2.05, 4.69) is 20.2 Å². The summed E-state index contributed by atoms with van der Waals surface area (Å²) >= 11 is 0. The van der Waals surface area contributed by atoms with Crippen LogP contribution in [0.4, 0.5) is 0 Å². The maximum atomic E-state index is 10.2. The third kappa shape index (κ3) is 3.73. The molecule has 164 valence electrons. The molecule has 0 bridgehead atoms. The van der Waals surface area contributed by atoms with Crippen molar-refractivity contribution in [2.24, 2.45) is 0 Å². The lowest BCUT2D eigenvalue weighted by molar-refractivity contribution is 0.330. The summed E-state index contributed by atoms with van der Waals surface area (Å²) in [6.45, 7) is 5.46. The Balaban J connectivity index is 2.03. The number of aliphatic hydroxyl groups is 1. The Morgan fingerprint density at radius 3 is 2.62 bits per heavy atom. The summed E-state index contributed by atoms with van der Waals surface area (Å²) in [5, 5.41) is 27.1. The largest absolute Gasteiger partial charge is 0.512 e. The number of pyridine rings is 1. The SMILES string of the molecule is CCOc1nc2cc(/C(C(C)=N)=C(\C)O)c(OC)cc2n2c(Cc3ccccn3)nnc12. The predicted octanol–water partition coefficient (Wildman–Crippen LogP) is 4.00. The smallest absolute Gasteiger partial charge is 0.260 e. The number of fused-ring (bicyclic) bond motifs is 3. The maximum absolute atomic E-state index is 10.2. The van der Waals surface area contributed by atoms with Crippen molar-refractivity contribution < 1.29 is 14.6 Å². The molecule has 0 saturated heterocycles. The van der Waals surface area contributed by atoms with Gasteiger partial charge in [-0.2, -0.15) is 0 Å². The summed E-state index contributed by atoms with van der Waals surface area (Å²) in [5.74, 6) is 1.56. The van der Waals surface area contributed by atoms with Gasteiger partial charge in [-0.1, -0.05) is 6.07 Å². The molecule has 2 N–H and O–H groups in total. The highest BCUT2D eigenvalue weighted by atomic mass is 16.5. The molecule has 0 radical (unpaired) electrons. The highest BCUT2D eigenvalue weighted by Gasteiger charge is 2.21. The highest BCUT2D eigenvalue weighted by molar-refractivity contribution is 6.22. The normalized spacial score (nSPS) is 12.1. The van der Waals surface area contributed by atoms with E-state index in [9.17, 15) is 5.11 Å². The van der Waals surface area contributed by atoms with Crippen LogP contribution in [0.1, 0.15) is 37.9 Å². The summed E-state index contributed by atoms with van der Waals surface area (Å²) in [6, 6.07) is 9.33. The first-order chi connectivity index (χ1) is 15.4. The van der Waals surface area contributed by atoms with Gasteiger partial charge >= 0.3 is 0 Å². The molecule has 3 aromatic heterocycles. The van der Waals surface area contributed by atoms with Gasteiger partial charge in [-0.25, -0.2) is 4.98 Å². The van der Waals surface area contributed by atoms with Crippen LogP contribution >= 0.6 is 0 Å². The predicted molar refractivity (Wildman–Crippen MR) is 122 cm³/mol. The van der Waals surface area contributed by atoms with Crippen molar-refractivity contribution >= 4 is 28.0 Å². The van der Waals surface area contributed by atoms with Gasteiger partial charge in [-0.05, 0) is 39.0 Å². The van der Waals surface area contributed by atoms with Crippen molar-refractivity contribution in [2.45, 2.75) is 27.2 Å². The Morgan fingerprint density at radius 1 is 1.19 bits per heavy atom. The number of aliphatic hydroxyl groups excluding tert-OH is 1. The number of hydrogen-bond donors (Lipinski definition) is 2. The molecular formula is C23H24N6O3. The number of rotatable bonds is 7. The minimum Gasteiger partial charge on any atom is -0.512 e. The number of methoxy groups -OCH3 is 1. The first-order valence-corrected chi connectivity index (χ1v) is 10.2. The molecule has 0 aliphatic carbocycles. The molecule has 0 fully saturated rings. The van der Waals surface area contributed by atoms with E-state index in [4.69, 9.17) is 14.9 Å². The van der Waals surface area contributed by atoms with Gasteiger partial charge in [0.1, 0.15) is 11.6 Å². The van der Waals surface area contributed by atoms with Gasteiger partial charge in [0.15, 0.2) is 0 Å². The molecule has 32 heavy (non-hydrogen) atoms. The second kappa shape index (κ2) is 8.62. The molecule has 3 heterocycles. The highest BCUT2D eigenvalue weighted by Crippen LogP contribution is 2.34. The van der Waals surface area contributed by atoms with Crippen LogP contribution in [0.3, 0.4) is 0 Å². The zero-order chi connectivity index (χ0) is 22.8. The van der Waals surface area contributed by atoms with Crippen molar-refractivity contribution in [2.75, 3.05) is 13.7 Å². The topological polar surface area (TPSA) is 119 Å². The Hall–Kier alpha value is -4.01. The summed E-state index contributed by atoms with van der Waals surface area (Å²) in [7, 11) is 1.55. The summed E-state index contributed by atoms with van der Waals surface area (Å²) in [6.07, 6.45) is 2.21. The van der Waals surface area contributed by atoms with E-state index >= 15 is 0 Å². The van der Waals surface area contributed by atoms with E-state index in [1.54, 1.807) is 33.2 Å². The van der Waals surface area contributed by atoms with Gasteiger partial charge in [0.05, 0.1) is 36.9 Å². The zero-order valence-corrected chi connectivity index (χ0v) is 18.4. The fourth-order valence-electron chi connectivity index (χ4n) is 3.74. The molecule has 0 aliphatic rings. The lowest BCUT2D eigenvalue weighted by Gasteiger charge is -2.15. The van der Waals surface area contributed by atoms with Crippen molar-refractivity contribution in [3.05, 3.63) is 59.4 Å². The number of nitrogens with one attached hydrogen (secondary N) is 1. The van der Waals surface area contributed by atoms with E-state index in [0.717, 1.165) is 11.2 Å². The molecule has 0 unspecified atom stereocenters. The average Bonchev–Trinajstić information content (AvgIpc) is 3.18. The molecule has 0 amide bonds. The zero-order valence-electron chi connectivity index (χ0n) is 18.4. The van der Waals surface area contributed by atoms with Gasteiger partial charge in [0.25, 0.3) is 5.88 Å². The van der Waals surface area contributed by atoms with Crippen molar-refractivity contribution in [1.82, 2.24) is 24.6 Å². The molecule has 0 saturated carbocycles. The molecule has 0 atom stereocenters. The van der Waals surface area contributed by atoms with Crippen LogP contribution in [0, 0.1) is 5.41 Å². The van der Waals surface area contributed by atoms with E-state index in [-0.39, 0.29) is 11.5 Å². The minimum absolute atomic E-state index is 0.0291. The summed E-state index contributed by atoms with van der Waals surface area (Å²) in [5.41, 5.74) is 3.85. The first-order valence-electron chi connectivity index (χ1n) is 10.2. The van der Waals surface area contributed by atoms with Crippen LogP contribution in [0.5, 0.6) is 11.6 Å². The first kappa shape index (κ1) is 21.2. The van der Waals surface area contributed by atoms with Crippen LogP contribution in [0.15, 0.2) is 42.3 Å². The van der Waals surface area contributed by atoms with Crippen LogP contribution in [0.2, 0.25) is 0 Å². The third-order valence-electron chi connectivity index (χ3n) is 5.03. The Morgan fingerprint density at radius 2 is 2.00 bits per heavy atom. The van der Waals surface area contributed by atoms with Crippen LogP contribution in [-0.2, 0) is 6.42 Å². The van der Waals surface area contributed by atoms with E-state index in [1.165, 1.54) is 0 Å². The standard InChI is InChI=1S/C23H24N6O3/c1-5-32-23-22-28-27-20(10-15-8-6-7-9-25-15)29(22)18-12-19(31-4)16(11-17(18)26-23)21(13(2)24)14(3)30/h6-9,11-12,24,30H,5,10H2,1-4H3/b21-14+,24-13?. The average molecular weight is 432 g/mol. The van der Waals surface area contributed by atoms with E-state index < -0.39 is 0 Å². The molecule has 4 rings (SSSR count). The fourth-order valence-corrected chi connectivity index (χ4v) is 3.74. The molecule has 4 aromatic rings. The molecule has 1 aromatic carbocycles. The van der Waals surface area contributed by atoms with Crippen molar-refractivity contribution in [3.8, 4) is 11.6 Å². The minimum atomic E-state index is 0.0291. The maximum Gasteiger partial charge on any atom is 0.260 e. The van der Waals surface area contributed by atoms with E-state index in [0.29, 0.717) is 52.8 Å². The second-order valence-corrected chi connectivity index (χ2v) is 7.25. The number of ether oxygens (including phenoxy) is 2. The Bertz CT molecular complexity index is 1340. The van der Waals surface area contributed by atoms with Gasteiger partial charge in [0, 0.05) is 34.8 Å². The Labute approximate surface area is 184 Å². The molecular weight excluding hydrogens is 408 g/mol. The quantitative estimate of drug-likeness (QED) is 0.335. The number of benzene rings is 1.